The van der Waals surface area contributed by atoms with Gasteiger partial charge < -0.3 is 14.8 Å². The van der Waals surface area contributed by atoms with Crippen LogP contribution in [0.3, 0.4) is 0 Å². The van der Waals surface area contributed by atoms with Gasteiger partial charge in [-0.3, -0.25) is 14.6 Å². The van der Waals surface area contributed by atoms with Crippen molar-refractivity contribution in [3.8, 4) is 11.8 Å². The topological polar surface area (TPSA) is 92.6 Å². The second-order valence-corrected chi connectivity index (χ2v) is 7.79. The quantitative estimate of drug-likeness (QED) is 0.568. The maximum absolute atomic E-state index is 12.3. The number of carbonyl (C=O) groups is 1. The van der Waals surface area contributed by atoms with Crippen LogP contribution in [0.15, 0.2) is 60.8 Å². The van der Waals surface area contributed by atoms with Crippen LogP contribution >= 0.6 is 0 Å². The van der Waals surface area contributed by atoms with E-state index in [4.69, 9.17) is 10.00 Å². The van der Waals surface area contributed by atoms with Crippen LogP contribution in [-0.4, -0.2) is 65.2 Å². The lowest BCUT2D eigenvalue weighted by Crippen LogP contribution is -2.49. The number of aliphatic carboxylic acids is 1. The predicted molar refractivity (Wildman–Crippen MR) is 123 cm³/mol. The Bertz CT molecular complexity index is 1130. The van der Waals surface area contributed by atoms with Gasteiger partial charge in [0.05, 0.1) is 0 Å². The lowest BCUT2D eigenvalue weighted by molar-refractivity contribution is -0.144. The number of aromatic nitrogens is 1. The van der Waals surface area contributed by atoms with Gasteiger partial charge in [0.2, 0.25) is 0 Å². The number of nitriles is 1. The Morgan fingerprint density at radius 2 is 1.97 bits per heavy atom. The summed E-state index contributed by atoms with van der Waals surface area (Å²) in [7, 11) is 0. The zero-order valence-corrected chi connectivity index (χ0v) is 17.8. The molecule has 4 rings (SSSR count). The summed E-state index contributed by atoms with van der Waals surface area (Å²) in [5.74, 6) is -0.314. The number of hydrogen-bond donors (Lipinski definition) is 2. The van der Waals surface area contributed by atoms with E-state index in [1.165, 1.54) is 5.56 Å². The average molecular weight is 431 g/mol. The average Bonchev–Trinajstić information content (AvgIpc) is 3.22. The number of piperazine rings is 1. The molecule has 1 saturated heterocycles. The van der Waals surface area contributed by atoms with E-state index in [-0.39, 0.29) is 6.61 Å². The predicted octanol–water partition coefficient (Wildman–Crippen LogP) is 3.53. The number of rotatable bonds is 8. The van der Waals surface area contributed by atoms with Crippen LogP contribution in [0.5, 0.6) is 5.75 Å². The summed E-state index contributed by atoms with van der Waals surface area (Å²) in [6.07, 6.45) is 6.04. The fourth-order valence-electron chi connectivity index (χ4n) is 4.14. The van der Waals surface area contributed by atoms with Gasteiger partial charge in [0.15, 0.2) is 6.61 Å². The fourth-order valence-corrected chi connectivity index (χ4v) is 4.14. The number of carboxylic acids is 1. The monoisotopic (exact) mass is 430 g/mol. The van der Waals surface area contributed by atoms with Gasteiger partial charge in [-0.05, 0) is 23.8 Å². The Morgan fingerprint density at radius 1 is 1.19 bits per heavy atom. The molecular formula is C25H26N4O3. The molecule has 7 nitrogen and oxygen atoms in total. The standard InChI is InChI=1S/C25H26N4O3/c26-10-16-32-20-8-9-23-21(17-20)22(18-27-23)24(25(30)31)29-14-12-28(13-15-29)11-4-7-19-5-2-1-3-6-19/h1-9,17-18,24,27H,11-16H2,(H,30,31)/b7-4+/t24-/m0/s1. The van der Waals surface area contributed by atoms with Gasteiger partial charge >= 0.3 is 5.97 Å². The van der Waals surface area contributed by atoms with Gasteiger partial charge in [-0.25, -0.2) is 0 Å². The number of aromatic amines is 1. The lowest BCUT2D eigenvalue weighted by Gasteiger charge is -2.37. The van der Waals surface area contributed by atoms with Crippen LogP contribution in [0.2, 0.25) is 0 Å². The molecule has 1 aliphatic rings. The van der Waals surface area contributed by atoms with E-state index in [1.807, 2.05) is 35.2 Å². The van der Waals surface area contributed by atoms with Crippen molar-refractivity contribution in [2.24, 2.45) is 0 Å². The van der Waals surface area contributed by atoms with Crippen LogP contribution in [0, 0.1) is 11.3 Å². The molecule has 0 saturated carbocycles. The fraction of sp³-hybridized carbons (Fsp3) is 0.280. The van der Waals surface area contributed by atoms with E-state index in [0.717, 1.165) is 30.5 Å². The Hall–Kier alpha value is -3.60. The Balaban J connectivity index is 1.43. The molecule has 0 aliphatic carbocycles. The van der Waals surface area contributed by atoms with Gasteiger partial charge in [-0.2, -0.15) is 5.26 Å². The highest BCUT2D eigenvalue weighted by molar-refractivity contribution is 5.90. The Kier molecular flexibility index (Phi) is 6.85. The van der Waals surface area contributed by atoms with Crippen LogP contribution in [0.4, 0.5) is 0 Å². The van der Waals surface area contributed by atoms with Crippen molar-refractivity contribution in [1.82, 2.24) is 14.8 Å². The Morgan fingerprint density at radius 3 is 2.69 bits per heavy atom. The summed E-state index contributed by atoms with van der Waals surface area (Å²) in [5, 5.41) is 19.6. The largest absolute Gasteiger partial charge is 0.480 e. The molecule has 32 heavy (non-hydrogen) atoms. The molecule has 1 aromatic heterocycles. The molecule has 0 spiro atoms. The molecule has 0 radical (unpaired) electrons. The van der Waals surface area contributed by atoms with Crippen molar-refractivity contribution in [3.63, 3.8) is 0 Å². The van der Waals surface area contributed by atoms with Crippen molar-refractivity contribution in [1.29, 1.82) is 5.26 Å². The summed E-state index contributed by atoms with van der Waals surface area (Å²) in [5.41, 5.74) is 2.74. The normalized spacial score (nSPS) is 16.2. The van der Waals surface area contributed by atoms with Crippen LogP contribution in [0.1, 0.15) is 17.2 Å². The first-order valence-electron chi connectivity index (χ1n) is 10.7. The Labute approximate surface area is 187 Å². The highest BCUT2D eigenvalue weighted by Gasteiger charge is 2.32. The van der Waals surface area contributed by atoms with Crippen molar-refractivity contribution in [2.75, 3.05) is 39.3 Å². The highest BCUT2D eigenvalue weighted by atomic mass is 16.5. The third-order valence-electron chi connectivity index (χ3n) is 5.76. The third-order valence-corrected chi connectivity index (χ3v) is 5.76. The van der Waals surface area contributed by atoms with E-state index < -0.39 is 12.0 Å². The van der Waals surface area contributed by atoms with Crippen molar-refractivity contribution >= 4 is 22.9 Å². The van der Waals surface area contributed by atoms with Crippen LogP contribution in [-0.2, 0) is 4.79 Å². The number of ether oxygens (including phenoxy) is 1. The molecule has 1 atom stereocenters. The van der Waals surface area contributed by atoms with E-state index in [1.54, 1.807) is 18.3 Å². The maximum atomic E-state index is 12.3. The summed E-state index contributed by atoms with van der Waals surface area (Å²) in [6.45, 7) is 3.76. The SMILES string of the molecule is N#CCOc1ccc2[nH]cc([C@@H](C(=O)O)N3CCN(C/C=C/c4ccccc4)CC3)c2c1. The van der Waals surface area contributed by atoms with Crippen LogP contribution in [0.25, 0.3) is 17.0 Å². The van der Waals surface area contributed by atoms with Gasteiger partial charge in [-0.15, -0.1) is 0 Å². The number of nitrogens with zero attached hydrogens (tertiary/aromatic N) is 3. The summed E-state index contributed by atoms with van der Waals surface area (Å²) >= 11 is 0. The molecule has 2 N–H and O–H groups in total. The second kappa shape index (κ2) is 10.1. The van der Waals surface area contributed by atoms with E-state index >= 15 is 0 Å². The zero-order chi connectivity index (χ0) is 22.3. The molecule has 3 aromatic rings. The molecule has 1 fully saturated rings. The minimum absolute atomic E-state index is 0.0473. The number of fused-ring (bicyclic) bond motifs is 1. The van der Waals surface area contributed by atoms with E-state index in [9.17, 15) is 9.90 Å². The molecule has 0 bridgehead atoms. The molecule has 7 heteroatoms. The minimum atomic E-state index is -0.869. The number of H-pyrrole nitrogens is 1. The first-order chi connectivity index (χ1) is 15.7. The maximum Gasteiger partial charge on any atom is 0.325 e. The molecule has 164 valence electrons. The summed E-state index contributed by atoms with van der Waals surface area (Å²) in [6, 6.07) is 16.8. The third kappa shape index (κ3) is 4.99. The molecule has 0 unspecified atom stereocenters. The molecular weight excluding hydrogens is 404 g/mol. The number of benzene rings is 2. The number of carboxylic acid groups (broad SMARTS) is 1. The van der Waals surface area contributed by atoms with Crippen molar-refractivity contribution < 1.29 is 14.6 Å². The van der Waals surface area contributed by atoms with E-state index in [2.05, 4.69) is 34.2 Å². The molecule has 0 amide bonds. The first-order valence-corrected chi connectivity index (χ1v) is 10.7. The zero-order valence-electron chi connectivity index (χ0n) is 17.8. The summed E-state index contributed by atoms with van der Waals surface area (Å²) in [4.78, 5) is 19.8. The van der Waals surface area contributed by atoms with Crippen molar-refractivity contribution in [2.45, 2.75) is 6.04 Å². The highest BCUT2D eigenvalue weighted by Crippen LogP contribution is 2.31. The van der Waals surface area contributed by atoms with Crippen molar-refractivity contribution in [3.05, 3.63) is 71.9 Å². The lowest BCUT2D eigenvalue weighted by atomic mass is 10.0. The van der Waals surface area contributed by atoms with Gasteiger partial charge in [0.1, 0.15) is 17.9 Å². The van der Waals surface area contributed by atoms with Crippen LogP contribution < -0.4 is 4.74 Å². The molecule has 2 aromatic carbocycles. The van der Waals surface area contributed by atoms with Gasteiger partial charge in [0.25, 0.3) is 0 Å². The van der Waals surface area contributed by atoms with Gasteiger partial charge in [-0.1, -0.05) is 42.5 Å². The van der Waals surface area contributed by atoms with Gasteiger partial charge in [0, 0.05) is 55.4 Å². The number of nitrogens with one attached hydrogen (secondary N) is 1. The second-order valence-electron chi connectivity index (χ2n) is 7.79. The van der Waals surface area contributed by atoms with E-state index in [0.29, 0.717) is 24.4 Å². The minimum Gasteiger partial charge on any atom is -0.480 e. The smallest absolute Gasteiger partial charge is 0.325 e. The summed E-state index contributed by atoms with van der Waals surface area (Å²) < 4.78 is 5.41. The number of hydrogen-bond acceptors (Lipinski definition) is 5. The molecule has 2 heterocycles. The molecule has 1 aliphatic heterocycles. The first kappa shape index (κ1) is 21.6.